The Kier molecular flexibility index (Phi) is 9.02. The number of likely N-dealkylation sites (N-methyl/N-ethyl adjacent to an activating group) is 1. The first-order valence-corrected chi connectivity index (χ1v) is 11.3. The Morgan fingerprint density at radius 2 is 1.74 bits per heavy atom. The van der Waals surface area contributed by atoms with Gasteiger partial charge >= 0.3 is 12.1 Å². The molecule has 12 heteroatoms. The third-order valence-electron chi connectivity index (χ3n) is 5.16. The number of amides is 1. The lowest BCUT2D eigenvalue weighted by molar-refractivity contribution is -0.192. The maximum Gasteiger partial charge on any atom is 0.490 e. The van der Waals surface area contributed by atoms with Crippen molar-refractivity contribution in [2.75, 3.05) is 32.5 Å². The Bertz CT molecular complexity index is 1420. The van der Waals surface area contributed by atoms with Gasteiger partial charge < -0.3 is 20.6 Å². The van der Waals surface area contributed by atoms with Crippen molar-refractivity contribution in [1.82, 2.24) is 20.0 Å². The lowest BCUT2D eigenvalue weighted by atomic mass is 10.1. The van der Waals surface area contributed by atoms with E-state index in [0.717, 1.165) is 28.8 Å². The molecule has 200 valence electrons. The molecule has 1 heterocycles. The summed E-state index contributed by atoms with van der Waals surface area (Å²) >= 11 is 0. The van der Waals surface area contributed by atoms with Gasteiger partial charge in [-0.1, -0.05) is 18.2 Å². The summed E-state index contributed by atoms with van der Waals surface area (Å²) in [6, 6.07) is 19.6. The van der Waals surface area contributed by atoms with Crippen molar-refractivity contribution < 1.29 is 32.3 Å². The van der Waals surface area contributed by atoms with E-state index in [1.54, 1.807) is 35.1 Å². The Hall–Kier alpha value is -4.45. The van der Waals surface area contributed by atoms with Gasteiger partial charge in [-0.25, -0.2) is 13.9 Å². The van der Waals surface area contributed by atoms with Crippen LogP contribution in [-0.2, 0) is 4.79 Å². The number of hydrogen-bond donors (Lipinski definition) is 3. The van der Waals surface area contributed by atoms with Gasteiger partial charge in [0.1, 0.15) is 5.82 Å². The molecule has 8 nitrogen and oxygen atoms in total. The predicted octanol–water partition coefficient (Wildman–Crippen LogP) is 4.83. The minimum absolute atomic E-state index is 0.114. The normalized spacial score (nSPS) is 11.1. The smallest absolute Gasteiger partial charge is 0.475 e. The number of aliphatic carboxylic acids is 1. The standard InChI is InChI=1S/C24H24FN5O.C2HF3O2/c1-29(2)13-12-26-24(31)17-6-5-7-20(15-17)30-23-11-10-19(14-18(23)16-27-30)28-22-9-4-3-8-21(22)25;3-2(4,5)1(6)7/h3-11,14-16,28H,12-13H2,1-2H3,(H,26,31);(H,6,7). The van der Waals surface area contributed by atoms with E-state index < -0.39 is 12.1 Å². The molecular formula is C26H25F4N5O3. The van der Waals surface area contributed by atoms with Gasteiger partial charge in [0.2, 0.25) is 0 Å². The molecule has 0 spiro atoms. The fraction of sp³-hybridized carbons (Fsp3) is 0.192. The van der Waals surface area contributed by atoms with Gasteiger partial charge in [-0.15, -0.1) is 0 Å². The van der Waals surface area contributed by atoms with Gasteiger partial charge in [-0.3, -0.25) is 4.79 Å². The van der Waals surface area contributed by atoms with E-state index in [9.17, 15) is 22.4 Å². The molecule has 3 aromatic carbocycles. The molecule has 3 N–H and O–H groups in total. The minimum Gasteiger partial charge on any atom is -0.475 e. The number of carboxylic acids is 1. The third kappa shape index (κ3) is 7.53. The number of aromatic nitrogens is 2. The van der Waals surface area contributed by atoms with Crippen LogP contribution in [0.1, 0.15) is 10.4 Å². The Morgan fingerprint density at radius 3 is 2.39 bits per heavy atom. The average molecular weight is 532 g/mol. The van der Waals surface area contributed by atoms with Gasteiger partial charge in [0.15, 0.2) is 0 Å². The number of nitrogens with one attached hydrogen (secondary N) is 2. The zero-order chi connectivity index (χ0) is 27.9. The summed E-state index contributed by atoms with van der Waals surface area (Å²) in [6.07, 6.45) is -3.33. The van der Waals surface area contributed by atoms with E-state index in [1.807, 2.05) is 55.4 Å². The highest BCUT2D eigenvalue weighted by Crippen LogP contribution is 2.25. The largest absolute Gasteiger partial charge is 0.490 e. The SMILES string of the molecule is CN(C)CCNC(=O)c1cccc(-n2ncc3cc(Nc4ccccc4F)ccc32)c1.O=C(O)C(F)(F)F. The van der Waals surface area contributed by atoms with Crippen LogP contribution in [-0.4, -0.2) is 65.0 Å². The van der Waals surface area contributed by atoms with Crippen molar-refractivity contribution in [3.63, 3.8) is 0 Å². The summed E-state index contributed by atoms with van der Waals surface area (Å²) < 4.78 is 47.4. The molecule has 4 aromatic rings. The van der Waals surface area contributed by atoms with Gasteiger partial charge in [0, 0.05) is 29.7 Å². The molecule has 0 radical (unpaired) electrons. The van der Waals surface area contributed by atoms with Crippen LogP contribution in [0, 0.1) is 5.82 Å². The predicted molar refractivity (Wildman–Crippen MR) is 135 cm³/mol. The van der Waals surface area contributed by atoms with Crippen LogP contribution in [0.4, 0.5) is 28.9 Å². The fourth-order valence-electron chi connectivity index (χ4n) is 3.31. The minimum atomic E-state index is -5.08. The van der Waals surface area contributed by atoms with Gasteiger partial charge in [-0.2, -0.15) is 18.3 Å². The molecule has 0 aliphatic carbocycles. The molecule has 0 aliphatic rings. The van der Waals surface area contributed by atoms with Crippen LogP contribution >= 0.6 is 0 Å². The van der Waals surface area contributed by atoms with Crippen molar-refractivity contribution in [2.24, 2.45) is 0 Å². The highest BCUT2D eigenvalue weighted by molar-refractivity contribution is 5.95. The number of anilines is 2. The Labute approximate surface area is 215 Å². The van der Waals surface area contributed by atoms with Crippen LogP contribution in [0.3, 0.4) is 0 Å². The first kappa shape index (κ1) is 28.1. The van der Waals surface area contributed by atoms with Crippen molar-refractivity contribution >= 4 is 34.2 Å². The van der Waals surface area contributed by atoms with Crippen molar-refractivity contribution in [3.05, 3.63) is 84.3 Å². The number of fused-ring (bicyclic) bond motifs is 1. The lowest BCUT2D eigenvalue weighted by Gasteiger charge is -2.11. The quantitative estimate of drug-likeness (QED) is 0.296. The van der Waals surface area contributed by atoms with Crippen molar-refractivity contribution in [2.45, 2.75) is 6.18 Å². The Balaban J connectivity index is 0.000000505. The first-order valence-electron chi connectivity index (χ1n) is 11.3. The molecule has 0 saturated carbocycles. The number of benzene rings is 3. The summed E-state index contributed by atoms with van der Waals surface area (Å²) in [5.41, 5.74) is 3.46. The van der Waals surface area contributed by atoms with E-state index in [-0.39, 0.29) is 11.7 Å². The number of carbonyl (C=O) groups is 2. The number of nitrogens with zero attached hydrogens (tertiary/aromatic N) is 3. The number of alkyl halides is 3. The molecule has 0 unspecified atom stereocenters. The first-order chi connectivity index (χ1) is 18.0. The van der Waals surface area contributed by atoms with Gasteiger partial charge in [-0.05, 0) is 62.6 Å². The lowest BCUT2D eigenvalue weighted by Crippen LogP contribution is -2.31. The maximum atomic E-state index is 13.9. The topological polar surface area (TPSA) is 99.5 Å². The third-order valence-corrected chi connectivity index (χ3v) is 5.16. The number of hydrogen-bond acceptors (Lipinski definition) is 5. The average Bonchev–Trinajstić information content (AvgIpc) is 3.28. The molecule has 1 amide bonds. The van der Waals surface area contributed by atoms with E-state index in [4.69, 9.17) is 9.90 Å². The molecule has 0 aliphatic heterocycles. The highest BCUT2D eigenvalue weighted by atomic mass is 19.4. The molecule has 0 bridgehead atoms. The molecule has 0 saturated heterocycles. The van der Waals surface area contributed by atoms with Crippen molar-refractivity contribution in [1.29, 1.82) is 0 Å². The van der Waals surface area contributed by atoms with E-state index >= 15 is 0 Å². The number of rotatable bonds is 7. The monoisotopic (exact) mass is 531 g/mol. The Morgan fingerprint density at radius 1 is 1.03 bits per heavy atom. The second-order valence-electron chi connectivity index (χ2n) is 8.35. The second kappa shape index (κ2) is 12.2. The van der Waals surface area contributed by atoms with Gasteiger partial charge in [0.25, 0.3) is 5.91 Å². The van der Waals surface area contributed by atoms with Crippen molar-refractivity contribution in [3.8, 4) is 5.69 Å². The summed E-state index contributed by atoms with van der Waals surface area (Å²) in [5, 5.41) is 18.5. The zero-order valence-electron chi connectivity index (χ0n) is 20.5. The number of para-hydroxylation sites is 1. The summed E-state index contributed by atoms with van der Waals surface area (Å²) in [4.78, 5) is 23.4. The molecule has 1 aromatic heterocycles. The number of carbonyl (C=O) groups excluding carboxylic acids is 1. The van der Waals surface area contributed by atoms with Crippen LogP contribution in [0.15, 0.2) is 72.9 Å². The fourth-order valence-corrected chi connectivity index (χ4v) is 3.31. The summed E-state index contributed by atoms with van der Waals surface area (Å²) in [5.74, 6) is -3.18. The molecule has 38 heavy (non-hydrogen) atoms. The van der Waals surface area contributed by atoms with E-state index in [0.29, 0.717) is 17.8 Å². The second-order valence-corrected chi connectivity index (χ2v) is 8.35. The summed E-state index contributed by atoms with van der Waals surface area (Å²) in [7, 11) is 3.93. The summed E-state index contributed by atoms with van der Waals surface area (Å²) in [6.45, 7) is 1.36. The van der Waals surface area contributed by atoms with Crippen LogP contribution < -0.4 is 10.6 Å². The van der Waals surface area contributed by atoms with E-state index in [1.165, 1.54) is 6.07 Å². The number of carboxylic acid groups (broad SMARTS) is 1. The molecular weight excluding hydrogens is 506 g/mol. The zero-order valence-corrected chi connectivity index (χ0v) is 20.5. The maximum absolute atomic E-state index is 13.9. The number of halogens is 4. The molecule has 0 atom stereocenters. The van der Waals surface area contributed by atoms with Crippen LogP contribution in [0.25, 0.3) is 16.6 Å². The van der Waals surface area contributed by atoms with Crippen LogP contribution in [0.5, 0.6) is 0 Å². The van der Waals surface area contributed by atoms with Crippen LogP contribution in [0.2, 0.25) is 0 Å². The van der Waals surface area contributed by atoms with Gasteiger partial charge in [0.05, 0.1) is 23.1 Å². The highest BCUT2D eigenvalue weighted by Gasteiger charge is 2.38. The van der Waals surface area contributed by atoms with E-state index in [2.05, 4.69) is 15.7 Å². The molecule has 0 fully saturated rings. The molecule has 4 rings (SSSR count).